The molecule has 0 rings (SSSR count). The molecule has 0 heterocycles. The molecule has 0 saturated carbocycles. The lowest BCUT2D eigenvalue weighted by Gasteiger charge is -2.51. The molecule has 0 aromatic heterocycles. The van der Waals surface area contributed by atoms with E-state index in [0.29, 0.717) is 0 Å². The first-order chi connectivity index (χ1) is 56.0. The fourth-order valence-electron chi connectivity index (χ4n) is 7.89. The van der Waals surface area contributed by atoms with Crippen LogP contribution in [-0.4, -0.2) is 244 Å². The molecule has 0 bridgehead atoms. The third kappa shape index (κ3) is 16.2. The van der Waals surface area contributed by atoms with Crippen LogP contribution in [0.15, 0.2) is 0 Å². The van der Waals surface area contributed by atoms with Gasteiger partial charge in [0.05, 0.1) is 0 Å². The van der Waals surface area contributed by atoms with Crippen LogP contribution in [0.5, 0.6) is 0 Å². The Labute approximate surface area is 794 Å². The fourth-order valence-corrected chi connectivity index (χ4v) is 13.9. The summed E-state index contributed by atoms with van der Waals surface area (Å²) >= 11 is 88.9. The van der Waals surface area contributed by atoms with Crippen LogP contribution < -0.4 is 0 Å². The zero-order valence-corrected chi connectivity index (χ0v) is 72.8. The maximum Gasteiger partial charge on any atom is 0.431 e. The van der Waals surface area contributed by atoms with Gasteiger partial charge < -0.3 is 0 Å². The summed E-state index contributed by atoms with van der Waals surface area (Å²) in [7, 11) is 0. The van der Waals surface area contributed by atoms with E-state index in [1.807, 2.05) is 0 Å². The Morgan fingerprint density at radius 1 is 0.112 bits per heavy atom. The lowest BCUT2D eigenvalue weighted by atomic mass is 9.83. The van der Waals surface area contributed by atoms with Gasteiger partial charge in [0.25, 0.3) is 82.0 Å². The van der Waals surface area contributed by atoms with E-state index in [9.17, 15) is 203 Å². The van der Waals surface area contributed by atoms with E-state index in [4.69, 9.17) is 0 Å². The third-order valence-electron chi connectivity index (χ3n) is 16.4. The zero-order valence-electron chi connectivity index (χ0n) is 56.1. The average Bonchev–Trinajstić information content (AvgIpc) is 0.673. The monoisotopic (exact) mass is 2580 g/mol. The van der Waals surface area contributed by atoms with Gasteiger partial charge >= 0.3 is 162 Å². The molecule has 802 valence electrons. The second-order valence-corrected chi connectivity index (χ2v) is 36.1. The summed E-state index contributed by atoms with van der Waals surface area (Å²) in [4.78, 5) is 25.6. The summed E-state index contributed by atoms with van der Waals surface area (Å²) in [5, 5.41) is -169. The van der Waals surface area contributed by atoms with Gasteiger partial charge in [0.1, 0.15) is 0 Å². The lowest BCUT2D eigenvalue weighted by Crippen LogP contribution is -2.80. The molecule has 0 aliphatic carbocycles. The third-order valence-corrected chi connectivity index (χ3v) is 29.2. The molecule has 0 N–H and O–H groups in total. The van der Waals surface area contributed by atoms with E-state index in [-0.39, 0.29) is 0 Å². The quantitative estimate of drug-likeness (QED) is 0.0265. The van der Waals surface area contributed by atoms with Gasteiger partial charge in [0.15, 0.2) is 0 Å². The summed E-state index contributed by atoms with van der Waals surface area (Å²) in [5.41, 5.74) is 0. The molecule has 134 heavy (non-hydrogen) atoms. The van der Waals surface area contributed by atoms with Crippen molar-refractivity contribution in [3.05, 3.63) is 0 Å². The van der Waals surface area contributed by atoms with Crippen molar-refractivity contribution in [3.63, 3.8) is 0 Å². The van der Waals surface area contributed by atoms with Crippen LogP contribution in [0.4, 0.5) is 281 Å². The zero-order chi connectivity index (χ0) is 112. The molecule has 0 aromatic rings. The van der Waals surface area contributed by atoms with E-state index in [0.717, 1.165) is 0 Å². The van der Waals surface area contributed by atoms with Crippen LogP contribution in [0.25, 0.3) is 0 Å². The van der Waals surface area contributed by atoms with Crippen LogP contribution in [0, 0.1) is 0 Å². The van der Waals surface area contributed by atoms with Gasteiger partial charge in [-0.15, -0.1) is 0 Å². The number of halogens is 86. The molecule has 0 aromatic carbocycles. The van der Waals surface area contributed by atoms with E-state index < -0.39 is 244 Å². The average molecular weight is 2590 g/mol. The lowest BCUT2D eigenvalue weighted by molar-refractivity contribution is -0.471. The summed E-state index contributed by atoms with van der Waals surface area (Å²) < 4.78 is 954. The van der Waals surface area contributed by atoms with Crippen molar-refractivity contribution in [3.8, 4) is 0 Å². The Balaban J connectivity index is 8.16. The van der Waals surface area contributed by atoms with Crippen molar-refractivity contribution < 1.29 is 300 Å². The highest BCUT2D eigenvalue weighted by molar-refractivity contribution is 6.52. The Morgan fingerprint density at radius 3 is 0.284 bits per heavy atom. The first-order valence-electron chi connectivity index (χ1n) is 27.7. The molecule has 0 aliphatic rings. The Kier molecular flexibility index (Phi) is 34.9. The first-order valence-corrected chi connectivity index (χ1v) is 36.1. The standard InChI is InChI=1S/C44Cl22F64O4/c45-5(71,7(47,73)11(51,77)15(55,81)19(59,85)23(63,89)43(65,127)128)9(49,75)13(53,79)17(57,83)21(61,87)27(95,96)31(103,104)35(111,112)39(119,120)41(123,124)37(115,116)33(107,108)29(99,100)25(91,92)3(67,68)1(131)133-134-2(132)4(69,70)26(93,94)30(101,102)34(109,110)38(117,118)42(125,126)40(121,122)36(113,114)32(105,106)28(97,98)22(62,88)18(58,84)14(54,80)10(50,76)6(46,72)8(48,74)12(52,78)16(56,82)20(60,86)24(64,90)44(66,129)130. The van der Waals surface area contributed by atoms with Crippen molar-refractivity contribution in [1.82, 2.24) is 0 Å². The van der Waals surface area contributed by atoms with Crippen molar-refractivity contribution in [2.24, 2.45) is 0 Å². The van der Waals surface area contributed by atoms with Crippen LogP contribution in [-0.2, 0) is 19.4 Å². The largest absolute Gasteiger partial charge is 0.431 e. The predicted octanol–water partition coefficient (Wildman–Crippen LogP) is 32.4. The highest BCUT2D eigenvalue weighted by Crippen LogP contribution is 2.79. The number of alkyl halides is 86. The van der Waals surface area contributed by atoms with E-state index in [2.05, 4.69) is 255 Å². The number of hydrogen-bond acceptors (Lipinski definition) is 4. The Hall–Kier alpha value is 0.840. The van der Waals surface area contributed by atoms with Gasteiger partial charge in [-0.3, -0.25) is 0 Å². The number of rotatable bonds is 42. The summed E-state index contributed by atoms with van der Waals surface area (Å²) in [5.74, 6) is -221. The second-order valence-electron chi connectivity index (χ2n) is 24.7. The molecule has 0 saturated heterocycles. The number of carbonyl (C=O) groups is 2. The van der Waals surface area contributed by atoms with Crippen molar-refractivity contribution in [1.29, 1.82) is 0 Å². The molecule has 0 fully saturated rings. The van der Waals surface area contributed by atoms with Crippen molar-refractivity contribution in [2.45, 2.75) is 232 Å². The predicted molar refractivity (Wildman–Crippen MR) is 327 cm³/mol. The highest BCUT2D eigenvalue weighted by atomic mass is 35.5. The smallest absolute Gasteiger partial charge is 0.240 e. The van der Waals surface area contributed by atoms with Gasteiger partial charge in [-0.1, -0.05) is 232 Å². The van der Waals surface area contributed by atoms with E-state index in [1.54, 1.807) is 0 Å². The maximum atomic E-state index is 15.8. The molecular weight excluding hydrogens is 2590 g/mol. The molecule has 20 unspecified atom stereocenters. The first kappa shape index (κ1) is 135. The molecular formula is C44Cl22F64O4. The molecule has 0 spiro atoms. The Bertz CT molecular complexity index is 4050. The summed E-state index contributed by atoms with van der Waals surface area (Å²) in [6.45, 7) is 0. The minimum absolute atomic E-state index is 1.30. The summed E-state index contributed by atoms with van der Waals surface area (Å²) in [6.07, 6.45) is 0. The van der Waals surface area contributed by atoms with Crippen LogP contribution >= 0.6 is 255 Å². The fraction of sp³-hybridized carbons (Fsp3) is 0.955. The maximum absolute atomic E-state index is 15.8. The number of carbonyl (C=O) groups excluding carboxylic acids is 2. The van der Waals surface area contributed by atoms with Gasteiger partial charge in [-0.2, -0.15) is 193 Å². The van der Waals surface area contributed by atoms with Crippen LogP contribution in [0.2, 0.25) is 0 Å². The van der Waals surface area contributed by atoms with Gasteiger partial charge in [-0.05, 0) is 23.2 Å². The summed E-state index contributed by atoms with van der Waals surface area (Å²) in [6, 6.07) is 0. The molecule has 90 heteroatoms. The minimum atomic E-state index is -10.8. The van der Waals surface area contributed by atoms with Crippen molar-refractivity contribution in [2.75, 3.05) is 0 Å². The van der Waals surface area contributed by atoms with Crippen molar-refractivity contribution >= 4 is 267 Å². The highest BCUT2D eigenvalue weighted by Gasteiger charge is 3.05. The molecule has 0 aliphatic heterocycles. The van der Waals surface area contributed by atoms with E-state index in [1.165, 1.54) is 9.78 Å². The second kappa shape index (κ2) is 34.7. The SMILES string of the molecule is O=C(OOC(=O)C(F)(F)C(F)(F)C(F)(F)C(F)(F)C(F)(F)C(F)(F)C(F)(F)C(F)(F)C(F)(F)C(F)(F)C(F)(Cl)C(F)(Cl)C(F)(Cl)C(F)(Cl)C(F)(Cl)C(F)(Cl)C(F)(Cl)C(F)(Cl)C(F)(Cl)C(F)(Cl)C(F)(F)Cl)C(F)(F)C(F)(F)C(F)(F)C(F)(F)C(F)(F)C(F)(F)C(F)(F)C(F)(F)C(F)(F)C(F)(F)C(F)(Cl)C(F)(Cl)C(F)(Cl)C(F)(Cl)C(F)(Cl)C(F)(Cl)C(F)(Cl)C(F)(Cl)C(F)(Cl)C(F)(Cl)C(F)(F)Cl. The Morgan fingerprint density at radius 2 is 0.187 bits per heavy atom. The topological polar surface area (TPSA) is 52.6 Å². The molecule has 0 amide bonds. The van der Waals surface area contributed by atoms with Gasteiger partial charge in [-0.25, -0.2) is 107 Å². The van der Waals surface area contributed by atoms with Gasteiger partial charge in [0.2, 0.25) is 0 Å². The minimum Gasteiger partial charge on any atom is -0.240 e. The number of hydrogen-bond donors (Lipinski definition) is 0. The molecule has 0 radical (unpaired) electrons. The molecule has 20 atom stereocenters. The van der Waals surface area contributed by atoms with E-state index >= 15 is 87.8 Å². The van der Waals surface area contributed by atoms with Gasteiger partial charge in [0, 0.05) is 0 Å². The van der Waals surface area contributed by atoms with Crippen LogP contribution in [0.1, 0.15) is 0 Å². The normalized spacial score (nSPS) is 24.6. The van der Waals surface area contributed by atoms with Crippen LogP contribution in [0.3, 0.4) is 0 Å². The molecule has 4 nitrogen and oxygen atoms in total.